The smallest absolute Gasteiger partial charge is 0.119 e. The summed E-state index contributed by atoms with van der Waals surface area (Å²) in [6, 6.07) is 7.94. The van der Waals surface area contributed by atoms with E-state index in [0.717, 1.165) is 31.3 Å². The Morgan fingerprint density at radius 1 is 1.37 bits per heavy atom. The molecule has 0 unspecified atom stereocenters. The Balaban J connectivity index is 1.72. The van der Waals surface area contributed by atoms with Crippen LogP contribution in [0.1, 0.15) is 25.3 Å². The van der Waals surface area contributed by atoms with Crippen LogP contribution in [0, 0.1) is 12.8 Å². The van der Waals surface area contributed by atoms with Crippen LogP contribution in [-0.2, 0) is 0 Å². The van der Waals surface area contributed by atoms with E-state index in [0.29, 0.717) is 6.61 Å². The monoisotopic (exact) mass is 263 g/mol. The molecule has 1 fully saturated rings. The number of aliphatic hydroxyl groups excluding tert-OH is 1. The average Bonchev–Trinajstić information content (AvgIpc) is 2.38. The van der Waals surface area contributed by atoms with Gasteiger partial charge in [-0.3, -0.25) is 0 Å². The number of benzene rings is 1. The summed E-state index contributed by atoms with van der Waals surface area (Å²) < 4.78 is 5.61. The van der Waals surface area contributed by atoms with Crippen LogP contribution < -0.4 is 4.74 Å². The van der Waals surface area contributed by atoms with Gasteiger partial charge in [0.25, 0.3) is 0 Å². The molecular weight excluding hydrogens is 238 g/mol. The van der Waals surface area contributed by atoms with Crippen LogP contribution in [0.25, 0.3) is 0 Å². The number of hydrogen-bond acceptors (Lipinski definition) is 3. The van der Waals surface area contributed by atoms with Crippen molar-refractivity contribution in [2.24, 2.45) is 5.92 Å². The number of aliphatic hydroxyl groups is 1. The number of nitrogens with zero attached hydrogens (tertiary/aromatic N) is 1. The highest BCUT2D eigenvalue weighted by Gasteiger charge is 2.19. The first-order chi connectivity index (χ1) is 9.13. The van der Waals surface area contributed by atoms with E-state index in [9.17, 15) is 5.11 Å². The number of β-amino-alcohol motifs (C(OH)–C–C–N with tert-alkyl or cyclic N) is 1. The minimum Gasteiger partial charge on any atom is -0.491 e. The van der Waals surface area contributed by atoms with Crippen LogP contribution in [-0.4, -0.2) is 42.4 Å². The molecule has 1 aliphatic heterocycles. The molecule has 106 valence electrons. The third-order valence-corrected chi connectivity index (χ3v) is 3.67. The maximum Gasteiger partial charge on any atom is 0.119 e. The third-order valence-electron chi connectivity index (χ3n) is 3.67. The van der Waals surface area contributed by atoms with Crippen LogP contribution in [0.5, 0.6) is 5.75 Å². The van der Waals surface area contributed by atoms with Gasteiger partial charge in [0.15, 0.2) is 0 Å². The quantitative estimate of drug-likeness (QED) is 0.886. The van der Waals surface area contributed by atoms with Crippen molar-refractivity contribution in [3.05, 3.63) is 29.8 Å². The van der Waals surface area contributed by atoms with E-state index >= 15 is 0 Å². The van der Waals surface area contributed by atoms with Crippen LogP contribution in [0.2, 0.25) is 0 Å². The summed E-state index contributed by atoms with van der Waals surface area (Å²) in [5.74, 6) is 1.58. The molecule has 1 aromatic rings. The Hall–Kier alpha value is -1.06. The van der Waals surface area contributed by atoms with Gasteiger partial charge in [0, 0.05) is 13.1 Å². The Kier molecular flexibility index (Phi) is 5.23. The van der Waals surface area contributed by atoms with Crippen LogP contribution >= 0.6 is 0 Å². The largest absolute Gasteiger partial charge is 0.491 e. The van der Waals surface area contributed by atoms with Crippen molar-refractivity contribution in [3.8, 4) is 5.75 Å². The van der Waals surface area contributed by atoms with Crippen molar-refractivity contribution in [1.82, 2.24) is 4.90 Å². The molecule has 1 heterocycles. The van der Waals surface area contributed by atoms with Gasteiger partial charge in [0.05, 0.1) is 0 Å². The molecule has 2 atom stereocenters. The number of aryl methyl sites for hydroxylation is 1. The molecule has 2 rings (SSSR count). The topological polar surface area (TPSA) is 32.7 Å². The molecule has 0 spiro atoms. The summed E-state index contributed by atoms with van der Waals surface area (Å²) in [6.45, 7) is 7.62. The van der Waals surface area contributed by atoms with Gasteiger partial charge < -0.3 is 14.7 Å². The standard InChI is InChI=1S/C16H25NO2/c1-13-5-7-16(8-6-13)19-12-15(18)11-17-9-3-4-14(2)10-17/h5-8,14-15,18H,3-4,9-12H2,1-2H3/t14-,15+/m0/s1. The van der Waals surface area contributed by atoms with Crippen molar-refractivity contribution in [1.29, 1.82) is 0 Å². The fraction of sp³-hybridized carbons (Fsp3) is 0.625. The van der Waals surface area contributed by atoms with Gasteiger partial charge in [-0.2, -0.15) is 0 Å². The van der Waals surface area contributed by atoms with Crippen molar-refractivity contribution >= 4 is 0 Å². The highest BCUT2D eigenvalue weighted by Crippen LogP contribution is 2.16. The van der Waals surface area contributed by atoms with Gasteiger partial charge in [-0.05, 0) is 44.4 Å². The summed E-state index contributed by atoms with van der Waals surface area (Å²) >= 11 is 0. The lowest BCUT2D eigenvalue weighted by Crippen LogP contribution is -2.41. The Morgan fingerprint density at radius 2 is 2.11 bits per heavy atom. The number of likely N-dealkylation sites (tertiary alicyclic amines) is 1. The normalized spacial score (nSPS) is 22.2. The lowest BCUT2D eigenvalue weighted by molar-refractivity contribution is 0.0537. The van der Waals surface area contributed by atoms with Crippen molar-refractivity contribution in [2.45, 2.75) is 32.8 Å². The zero-order valence-corrected chi connectivity index (χ0v) is 12.0. The Morgan fingerprint density at radius 3 is 2.79 bits per heavy atom. The van der Waals surface area contributed by atoms with E-state index in [1.54, 1.807) is 0 Å². The second kappa shape index (κ2) is 6.92. The highest BCUT2D eigenvalue weighted by molar-refractivity contribution is 5.26. The molecule has 1 N–H and O–H groups in total. The van der Waals surface area contributed by atoms with E-state index in [2.05, 4.69) is 18.7 Å². The molecule has 1 aromatic carbocycles. The first kappa shape index (κ1) is 14.4. The molecule has 3 heteroatoms. The second-order valence-corrected chi connectivity index (χ2v) is 5.78. The molecule has 0 bridgehead atoms. The van der Waals surface area contributed by atoms with E-state index in [-0.39, 0.29) is 0 Å². The molecule has 3 nitrogen and oxygen atoms in total. The first-order valence-electron chi connectivity index (χ1n) is 7.23. The van der Waals surface area contributed by atoms with Gasteiger partial charge in [0.1, 0.15) is 18.5 Å². The lowest BCUT2D eigenvalue weighted by atomic mass is 10.0. The number of ether oxygens (including phenoxy) is 1. The maximum absolute atomic E-state index is 10.0. The Bertz CT molecular complexity index is 377. The van der Waals surface area contributed by atoms with E-state index in [1.807, 2.05) is 24.3 Å². The molecule has 0 aromatic heterocycles. The third kappa shape index (κ3) is 4.84. The van der Waals surface area contributed by atoms with Crippen LogP contribution in [0.4, 0.5) is 0 Å². The van der Waals surface area contributed by atoms with Gasteiger partial charge in [-0.1, -0.05) is 24.6 Å². The first-order valence-corrected chi connectivity index (χ1v) is 7.23. The van der Waals surface area contributed by atoms with Crippen LogP contribution in [0.3, 0.4) is 0 Å². The predicted molar refractivity (Wildman–Crippen MR) is 77.5 cm³/mol. The molecule has 19 heavy (non-hydrogen) atoms. The van der Waals surface area contributed by atoms with Crippen molar-refractivity contribution < 1.29 is 9.84 Å². The molecule has 0 amide bonds. The van der Waals surface area contributed by atoms with Gasteiger partial charge in [0.2, 0.25) is 0 Å². The van der Waals surface area contributed by atoms with Gasteiger partial charge in [-0.25, -0.2) is 0 Å². The highest BCUT2D eigenvalue weighted by atomic mass is 16.5. The summed E-state index contributed by atoms with van der Waals surface area (Å²) in [5.41, 5.74) is 1.22. The minimum atomic E-state index is -0.411. The molecule has 1 aliphatic rings. The zero-order chi connectivity index (χ0) is 13.7. The lowest BCUT2D eigenvalue weighted by Gasteiger charge is -2.32. The van der Waals surface area contributed by atoms with Crippen molar-refractivity contribution in [3.63, 3.8) is 0 Å². The second-order valence-electron chi connectivity index (χ2n) is 5.78. The predicted octanol–water partition coefficient (Wildman–Crippen LogP) is 2.47. The molecule has 0 radical (unpaired) electrons. The van der Waals surface area contributed by atoms with E-state index in [4.69, 9.17) is 4.74 Å². The zero-order valence-electron chi connectivity index (χ0n) is 12.0. The molecular formula is C16H25NO2. The Labute approximate surface area is 116 Å². The number of piperidine rings is 1. The summed E-state index contributed by atoms with van der Waals surface area (Å²) in [4.78, 5) is 2.34. The van der Waals surface area contributed by atoms with Gasteiger partial charge in [-0.15, -0.1) is 0 Å². The molecule has 0 saturated carbocycles. The van der Waals surface area contributed by atoms with Gasteiger partial charge >= 0.3 is 0 Å². The van der Waals surface area contributed by atoms with Crippen molar-refractivity contribution in [2.75, 3.05) is 26.2 Å². The summed E-state index contributed by atoms with van der Waals surface area (Å²) in [7, 11) is 0. The fourth-order valence-corrected chi connectivity index (χ4v) is 2.63. The number of rotatable bonds is 5. The van der Waals surface area contributed by atoms with E-state index in [1.165, 1.54) is 18.4 Å². The average molecular weight is 263 g/mol. The van der Waals surface area contributed by atoms with Crippen LogP contribution in [0.15, 0.2) is 24.3 Å². The SMILES string of the molecule is Cc1ccc(OC[C@H](O)CN2CCC[C@H](C)C2)cc1. The number of hydrogen-bond donors (Lipinski definition) is 1. The van der Waals surface area contributed by atoms with E-state index < -0.39 is 6.10 Å². The summed E-state index contributed by atoms with van der Waals surface area (Å²) in [5, 5.41) is 10.0. The fourth-order valence-electron chi connectivity index (χ4n) is 2.63. The molecule has 1 saturated heterocycles. The molecule has 0 aliphatic carbocycles. The summed E-state index contributed by atoms with van der Waals surface area (Å²) in [6.07, 6.45) is 2.14. The maximum atomic E-state index is 10.0. The minimum absolute atomic E-state index is 0.369.